The normalized spacial score (nSPS) is 24.9. The van der Waals surface area contributed by atoms with Gasteiger partial charge in [0.1, 0.15) is 60.1 Å². The number of rotatable bonds is 16. The van der Waals surface area contributed by atoms with E-state index in [-0.39, 0.29) is 107 Å². The molecule has 30 nitrogen and oxygen atoms in total. The average Bonchev–Trinajstić information content (AvgIpc) is 1.67. The summed E-state index contributed by atoms with van der Waals surface area (Å²) < 4.78 is 5.37. The number of amides is 11. The van der Waals surface area contributed by atoms with E-state index in [1.165, 1.54) is 29.4 Å². The average molecular weight is 1360 g/mol. The zero-order valence-corrected chi connectivity index (χ0v) is 56.9. The molecule has 0 spiro atoms. The molecule has 3 fully saturated rings. The Bertz CT molecular complexity index is 3410. The van der Waals surface area contributed by atoms with E-state index in [9.17, 15) is 57.8 Å². The minimum Gasteiger partial charge on any atom is -0.497 e. The number of aliphatic imine (C=N–C) groups is 1. The van der Waals surface area contributed by atoms with Crippen LogP contribution in [0.4, 0.5) is 0 Å². The molecule has 0 radical (unpaired) electrons. The van der Waals surface area contributed by atoms with Crippen LogP contribution in [0.3, 0.4) is 0 Å². The number of nitrogens with zero attached hydrogens (tertiary/aromatic N) is 4. The minimum absolute atomic E-state index is 0.0308. The lowest BCUT2D eigenvalue weighted by atomic mass is 9.98. The molecule has 3 saturated heterocycles. The van der Waals surface area contributed by atoms with Crippen molar-refractivity contribution < 1.29 is 62.6 Å². The Labute approximate surface area is 570 Å². The van der Waals surface area contributed by atoms with Gasteiger partial charge < -0.3 is 88.9 Å². The molecular weight excluding hydrogens is 1260 g/mol. The third-order valence-electron chi connectivity index (χ3n) is 17.6. The van der Waals surface area contributed by atoms with Gasteiger partial charge in [0, 0.05) is 93.3 Å². The number of nitrogens with one attached hydrogen (secondary N) is 11. The first kappa shape index (κ1) is 75.8. The number of para-hydroxylation sites is 1. The van der Waals surface area contributed by atoms with E-state index in [4.69, 9.17) is 16.2 Å². The Balaban J connectivity index is 1.21. The van der Waals surface area contributed by atoms with Crippen molar-refractivity contribution >= 4 is 81.8 Å². The monoisotopic (exact) mass is 1360 g/mol. The van der Waals surface area contributed by atoms with Crippen LogP contribution in [0.5, 0.6) is 5.75 Å². The Morgan fingerprint density at radius 2 is 1.17 bits per heavy atom. The van der Waals surface area contributed by atoms with Crippen molar-refractivity contribution in [1.82, 2.24) is 72.6 Å². The number of carbonyl (C=O) groups excluding carboxylic acids is 11. The van der Waals surface area contributed by atoms with Gasteiger partial charge in [0.2, 0.25) is 65.0 Å². The number of guanidine groups is 1. The highest BCUT2D eigenvalue weighted by Crippen LogP contribution is 2.24. The van der Waals surface area contributed by atoms with Crippen molar-refractivity contribution in [3.63, 3.8) is 0 Å². The zero-order valence-electron chi connectivity index (χ0n) is 56.9. The quantitative estimate of drug-likeness (QED) is 0.0400. The number of ether oxygens (including phenoxy) is 1. The van der Waals surface area contributed by atoms with E-state index in [0.29, 0.717) is 79.4 Å². The smallest absolute Gasteiger partial charge is 0.245 e. The van der Waals surface area contributed by atoms with Gasteiger partial charge in [-0.3, -0.25) is 57.7 Å². The number of hydrogen-bond acceptors (Lipinski definition) is 15. The number of nitrogens with two attached hydrogens (primary N) is 2. The third-order valence-corrected chi connectivity index (χ3v) is 17.6. The van der Waals surface area contributed by atoms with Crippen LogP contribution in [0.2, 0.25) is 0 Å². The van der Waals surface area contributed by atoms with Crippen molar-refractivity contribution in [2.75, 3.05) is 39.9 Å². The molecule has 2 aromatic heterocycles. The van der Waals surface area contributed by atoms with E-state index >= 15 is 0 Å². The molecule has 0 saturated carbocycles. The molecule has 5 heterocycles. The zero-order chi connectivity index (χ0) is 71.0. The summed E-state index contributed by atoms with van der Waals surface area (Å²) in [5, 5.41) is 36.8. The first-order valence-corrected chi connectivity index (χ1v) is 34.0. The van der Waals surface area contributed by atoms with Gasteiger partial charge in [0.05, 0.1) is 20.0 Å². The van der Waals surface area contributed by atoms with E-state index in [1.54, 1.807) is 43.5 Å². The summed E-state index contributed by atoms with van der Waals surface area (Å²) in [4.78, 5) is 176. The van der Waals surface area contributed by atoms with Crippen LogP contribution >= 0.6 is 0 Å². The molecule has 534 valence electrons. The number of benzene rings is 2. The summed E-state index contributed by atoms with van der Waals surface area (Å²) >= 11 is 0. The van der Waals surface area contributed by atoms with Crippen LogP contribution in [-0.4, -0.2) is 201 Å². The van der Waals surface area contributed by atoms with E-state index in [1.807, 2.05) is 45.9 Å². The first-order chi connectivity index (χ1) is 46.9. The van der Waals surface area contributed by atoms with Crippen molar-refractivity contribution in [2.24, 2.45) is 28.3 Å². The molecule has 3 aliphatic rings. The number of fused-ring (bicyclic) bond motifs is 3. The van der Waals surface area contributed by atoms with E-state index < -0.39 is 120 Å². The highest BCUT2D eigenvalue weighted by atomic mass is 16.5. The van der Waals surface area contributed by atoms with Gasteiger partial charge in [-0.25, -0.2) is 4.98 Å². The molecule has 10 atom stereocenters. The summed E-state index contributed by atoms with van der Waals surface area (Å²) in [5.74, 6) is -7.49. The Kier molecular flexibility index (Phi) is 28.8. The summed E-state index contributed by atoms with van der Waals surface area (Å²) in [6, 6.07) is 1.47. The van der Waals surface area contributed by atoms with Crippen LogP contribution in [0.25, 0.3) is 10.9 Å². The molecule has 11 amide bonds. The standard InChI is InChI=1S/C68H99N17O13/c1-39(2)29-49-59(89)77-48(17-12-26-73-68(69)70)67(97)85-28-14-19-56(85)65(95)76-41(5)31-57(87)72-25-11-7-8-20-58(88)84-27-13-18-55(84)66(96)82-53(34-44-36-71-38-75-44)63(93)81-52(33-43-35-74-47-16-10-9-15-46(43)47)62(92)83-54(37-86)64(94)80-51(32-42-21-23-45(98-6)24-22-42)61(91)79-50(30-40(3)4)60(90)78-49/h9-10,15-16,21-24,35-36,38-41,48-56,74,86H,7-8,11-14,17-20,25-34,37H2,1-6H3,(H,71,75)(H,72,87)(H,76,95)(H,77,89)(H,78,90)(H,79,91)(H,80,94)(H,81,93)(H,82,96)(H,83,92)(H4,69,70,73)/t41-,48-,49-,50+,51-,52-,53-,54-,55-,56-/m0/s1. The molecule has 0 bridgehead atoms. The van der Waals surface area contributed by atoms with Crippen LogP contribution < -0.4 is 64.1 Å². The number of aliphatic hydroxyl groups is 1. The van der Waals surface area contributed by atoms with Crippen molar-refractivity contribution in [3.8, 4) is 5.75 Å². The lowest BCUT2D eigenvalue weighted by molar-refractivity contribution is -0.142. The SMILES string of the molecule is COc1ccc(C[C@@H]2NC(=O)[C@H](CO)NC(=O)[C@H](Cc3c[nH]c4ccccc34)NC(=O)[C@H](Cc3cnc[nH]3)NC(=O)[C@@H]3CCCN3C(=O)CCCCCNC(=O)C[C@H](C)NC(=O)[C@@H]3CCCN3C(=O)[C@H](CCCN=C(N)N)NC(=O)[C@H](CC(C)C)NC(=O)[C@@H](CC(C)C)NC2=O)cc1. The highest BCUT2D eigenvalue weighted by molar-refractivity contribution is 5.99. The Morgan fingerprint density at radius 3 is 1.79 bits per heavy atom. The van der Waals surface area contributed by atoms with E-state index in [2.05, 4.69) is 67.8 Å². The molecule has 3 aliphatic heterocycles. The highest BCUT2D eigenvalue weighted by Gasteiger charge is 2.41. The fourth-order valence-electron chi connectivity index (χ4n) is 12.6. The number of aromatic nitrogens is 3. The van der Waals surface area contributed by atoms with Gasteiger partial charge in [-0.15, -0.1) is 0 Å². The predicted octanol–water partition coefficient (Wildman–Crippen LogP) is 0.0262. The number of carbonyl (C=O) groups is 11. The molecular formula is C68H99N17O13. The second-order valence-corrected chi connectivity index (χ2v) is 26.4. The van der Waals surface area contributed by atoms with Crippen LogP contribution in [0.1, 0.15) is 135 Å². The fourth-order valence-corrected chi connectivity index (χ4v) is 12.6. The molecule has 4 aromatic rings. The van der Waals surface area contributed by atoms with Gasteiger partial charge in [-0.2, -0.15) is 0 Å². The summed E-state index contributed by atoms with van der Waals surface area (Å²) in [7, 11) is 1.48. The van der Waals surface area contributed by atoms with Crippen molar-refractivity contribution in [1.29, 1.82) is 0 Å². The van der Waals surface area contributed by atoms with Gasteiger partial charge in [0.15, 0.2) is 5.96 Å². The van der Waals surface area contributed by atoms with Crippen LogP contribution in [0, 0.1) is 11.8 Å². The molecule has 0 aliphatic carbocycles. The van der Waals surface area contributed by atoms with Crippen molar-refractivity contribution in [2.45, 2.75) is 198 Å². The number of imidazole rings is 1. The molecule has 16 N–H and O–H groups in total. The number of H-pyrrole nitrogens is 2. The molecule has 0 unspecified atom stereocenters. The second kappa shape index (κ2) is 37.2. The predicted molar refractivity (Wildman–Crippen MR) is 364 cm³/mol. The first-order valence-electron chi connectivity index (χ1n) is 34.0. The Hall–Kier alpha value is -9.61. The maximum Gasteiger partial charge on any atom is 0.245 e. The van der Waals surface area contributed by atoms with Gasteiger partial charge in [-0.1, -0.05) is 64.4 Å². The molecule has 98 heavy (non-hydrogen) atoms. The topological polar surface area (TPSA) is 441 Å². The van der Waals surface area contributed by atoms with Crippen LogP contribution in [-0.2, 0) is 72.0 Å². The number of aromatic amines is 2. The molecule has 30 heteroatoms. The second-order valence-electron chi connectivity index (χ2n) is 26.4. The summed E-state index contributed by atoms with van der Waals surface area (Å²) in [6.07, 6.45) is 7.59. The molecule has 2 aromatic carbocycles. The third kappa shape index (κ3) is 22.5. The maximum atomic E-state index is 14.9. The van der Waals surface area contributed by atoms with Crippen LogP contribution in [0.15, 0.2) is 72.2 Å². The minimum atomic E-state index is -1.75. The summed E-state index contributed by atoms with van der Waals surface area (Å²) in [6.45, 7) is 8.85. The number of aliphatic hydroxyl groups excluding tert-OH is 1. The van der Waals surface area contributed by atoms with Gasteiger partial charge in [0.25, 0.3) is 0 Å². The lowest BCUT2D eigenvalue weighted by Crippen LogP contribution is -2.61. The number of methoxy groups -OCH3 is 1. The molecule has 7 rings (SSSR count). The van der Waals surface area contributed by atoms with Crippen molar-refractivity contribution in [3.05, 3.63) is 84.1 Å². The van der Waals surface area contributed by atoms with E-state index in [0.717, 1.165) is 5.52 Å². The van der Waals surface area contributed by atoms with Gasteiger partial charge >= 0.3 is 0 Å². The van der Waals surface area contributed by atoms with Gasteiger partial charge in [-0.05, 0) is 112 Å². The maximum absolute atomic E-state index is 14.9. The lowest BCUT2D eigenvalue weighted by Gasteiger charge is -2.31. The summed E-state index contributed by atoms with van der Waals surface area (Å²) in [5.41, 5.74) is 13.5. The number of hydrogen-bond donors (Lipinski definition) is 14. The fraction of sp³-hybridized carbons (Fsp3) is 0.574. The Morgan fingerprint density at radius 1 is 0.622 bits per heavy atom. The largest absolute Gasteiger partial charge is 0.497 e.